The summed E-state index contributed by atoms with van der Waals surface area (Å²) in [4.78, 5) is 25.4. The Labute approximate surface area is 135 Å². The van der Waals surface area contributed by atoms with E-state index in [4.69, 9.17) is 5.73 Å². The van der Waals surface area contributed by atoms with Gasteiger partial charge in [0.05, 0.1) is 0 Å². The number of piperidine rings is 1. The van der Waals surface area contributed by atoms with E-state index in [1.165, 1.54) is 6.07 Å². The van der Waals surface area contributed by atoms with Gasteiger partial charge in [0, 0.05) is 13.1 Å². The summed E-state index contributed by atoms with van der Waals surface area (Å²) in [5.41, 5.74) is 5.41. The van der Waals surface area contributed by atoms with Crippen molar-refractivity contribution in [3.05, 3.63) is 35.6 Å². The molecule has 1 aromatic carbocycles. The van der Waals surface area contributed by atoms with Gasteiger partial charge in [0.15, 0.2) is 0 Å². The summed E-state index contributed by atoms with van der Waals surface area (Å²) >= 11 is 0. The van der Waals surface area contributed by atoms with E-state index in [-0.39, 0.29) is 11.7 Å². The van der Waals surface area contributed by atoms with E-state index in [9.17, 15) is 14.0 Å². The predicted molar refractivity (Wildman–Crippen MR) is 84.1 cm³/mol. The van der Waals surface area contributed by atoms with E-state index in [0.717, 1.165) is 24.8 Å². The van der Waals surface area contributed by atoms with Gasteiger partial charge in [0.1, 0.15) is 11.4 Å². The topological polar surface area (TPSA) is 75.4 Å². The number of nitrogens with one attached hydrogen (secondary N) is 1. The number of carbonyl (C=O) groups excluding carboxylic acids is 2. The number of likely N-dealkylation sites (tertiary alicyclic amines) is 1. The van der Waals surface area contributed by atoms with E-state index in [2.05, 4.69) is 5.32 Å². The second-order valence-corrected chi connectivity index (χ2v) is 6.64. The molecule has 3 rings (SSSR count). The van der Waals surface area contributed by atoms with Gasteiger partial charge >= 0.3 is 6.03 Å². The molecule has 5 nitrogen and oxygen atoms in total. The maximum absolute atomic E-state index is 13.2. The van der Waals surface area contributed by atoms with Crippen molar-refractivity contribution in [1.29, 1.82) is 0 Å². The highest BCUT2D eigenvalue weighted by Crippen LogP contribution is 2.38. The molecule has 0 atom stereocenters. The zero-order valence-electron chi connectivity index (χ0n) is 13.1. The van der Waals surface area contributed by atoms with E-state index >= 15 is 0 Å². The SMILES string of the molecule is NC(=O)NC1(C(=O)N2CCC(Cc3cccc(F)c3)CC2)CC1. The van der Waals surface area contributed by atoms with Crippen LogP contribution in [0.3, 0.4) is 0 Å². The second kappa shape index (κ2) is 6.18. The normalized spacial score (nSPS) is 20.1. The van der Waals surface area contributed by atoms with Crippen LogP contribution in [-0.4, -0.2) is 35.5 Å². The number of nitrogens with zero attached hydrogens (tertiary/aromatic N) is 1. The zero-order chi connectivity index (χ0) is 16.4. The minimum Gasteiger partial charge on any atom is -0.352 e. The smallest absolute Gasteiger partial charge is 0.313 e. The van der Waals surface area contributed by atoms with Crippen molar-refractivity contribution < 1.29 is 14.0 Å². The minimum atomic E-state index is -0.749. The van der Waals surface area contributed by atoms with Crippen molar-refractivity contribution in [2.75, 3.05) is 13.1 Å². The van der Waals surface area contributed by atoms with E-state index < -0.39 is 11.6 Å². The molecule has 0 spiro atoms. The molecule has 6 heteroatoms. The molecule has 23 heavy (non-hydrogen) atoms. The number of rotatable bonds is 4. The van der Waals surface area contributed by atoms with Crippen molar-refractivity contribution in [3.63, 3.8) is 0 Å². The first kappa shape index (κ1) is 15.8. The molecule has 1 saturated carbocycles. The molecule has 1 saturated heterocycles. The molecule has 1 aromatic rings. The van der Waals surface area contributed by atoms with Gasteiger partial charge in [-0.15, -0.1) is 0 Å². The first-order valence-corrected chi connectivity index (χ1v) is 8.10. The van der Waals surface area contributed by atoms with Gasteiger partial charge in [0.2, 0.25) is 5.91 Å². The van der Waals surface area contributed by atoms with Crippen molar-refractivity contribution >= 4 is 11.9 Å². The highest BCUT2D eigenvalue weighted by atomic mass is 19.1. The molecule has 2 aliphatic rings. The Morgan fingerprint density at radius 1 is 1.30 bits per heavy atom. The number of hydrogen-bond donors (Lipinski definition) is 2. The van der Waals surface area contributed by atoms with Crippen LogP contribution < -0.4 is 11.1 Å². The Morgan fingerprint density at radius 2 is 2.00 bits per heavy atom. The van der Waals surface area contributed by atoms with Crippen molar-refractivity contribution in [2.24, 2.45) is 11.7 Å². The Balaban J connectivity index is 1.52. The third-order valence-corrected chi connectivity index (χ3v) is 4.84. The molecule has 0 aromatic heterocycles. The Morgan fingerprint density at radius 3 is 2.57 bits per heavy atom. The van der Waals surface area contributed by atoms with Crippen LogP contribution in [0.15, 0.2) is 24.3 Å². The second-order valence-electron chi connectivity index (χ2n) is 6.64. The summed E-state index contributed by atoms with van der Waals surface area (Å²) in [5, 5.41) is 2.59. The number of hydrogen-bond acceptors (Lipinski definition) is 2. The van der Waals surface area contributed by atoms with Gasteiger partial charge in [-0.1, -0.05) is 12.1 Å². The molecule has 0 unspecified atom stereocenters. The van der Waals surface area contributed by atoms with Gasteiger partial charge in [-0.05, 0) is 55.7 Å². The minimum absolute atomic E-state index is 0.0134. The first-order chi connectivity index (χ1) is 11.0. The highest BCUT2D eigenvalue weighted by molar-refractivity contribution is 5.93. The van der Waals surface area contributed by atoms with Gasteiger partial charge in [-0.25, -0.2) is 9.18 Å². The van der Waals surface area contributed by atoms with E-state index in [1.54, 1.807) is 12.1 Å². The molecule has 1 heterocycles. The van der Waals surface area contributed by atoms with Crippen LogP contribution in [0.25, 0.3) is 0 Å². The number of benzene rings is 1. The average molecular weight is 319 g/mol. The third kappa shape index (κ3) is 3.63. The number of nitrogens with two attached hydrogens (primary N) is 1. The fourth-order valence-corrected chi connectivity index (χ4v) is 3.39. The molecular formula is C17H22FN3O2. The molecule has 3 N–H and O–H groups in total. The quantitative estimate of drug-likeness (QED) is 0.888. The maximum Gasteiger partial charge on any atom is 0.313 e. The zero-order valence-corrected chi connectivity index (χ0v) is 13.1. The van der Waals surface area contributed by atoms with Crippen LogP contribution in [-0.2, 0) is 11.2 Å². The fraction of sp³-hybridized carbons (Fsp3) is 0.529. The molecule has 0 bridgehead atoms. The van der Waals surface area contributed by atoms with Crippen molar-refractivity contribution in [2.45, 2.75) is 37.6 Å². The van der Waals surface area contributed by atoms with Crippen molar-refractivity contribution in [1.82, 2.24) is 10.2 Å². The Hall–Kier alpha value is -2.11. The maximum atomic E-state index is 13.2. The lowest BCUT2D eigenvalue weighted by atomic mass is 9.90. The largest absolute Gasteiger partial charge is 0.352 e. The summed E-state index contributed by atoms with van der Waals surface area (Å²) < 4.78 is 13.2. The summed E-state index contributed by atoms with van der Waals surface area (Å²) in [6, 6.07) is 6.06. The first-order valence-electron chi connectivity index (χ1n) is 8.10. The van der Waals surface area contributed by atoms with E-state index in [1.807, 2.05) is 11.0 Å². The lowest BCUT2D eigenvalue weighted by Crippen LogP contribution is -2.53. The third-order valence-electron chi connectivity index (χ3n) is 4.84. The summed E-state index contributed by atoms with van der Waals surface area (Å²) in [6.07, 6.45) is 3.96. The van der Waals surface area contributed by atoms with Crippen LogP contribution in [0.1, 0.15) is 31.2 Å². The van der Waals surface area contributed by atoms with Crippen LogP contribution in [0.4, 0.5) is 9.18 Å². The molecule has 124 valence electrons. The lowest BCUT2D eigenvalue weighted by Gasteiger charge is -2.34. The van der Waals surface area contributed by atoms with Crippen LogP contribution in [0, 0.1) is 11.7 Å². The van der Waals surface area contributed by atoms with Gasteiger partial charge in [-0.2, -0.15) is 0 Å². The Bertz CT molecular complexity index is 608. The highest BCUT2D eigenvalue weighted by Gasteiger charge is 2.53. The van der Waals surface area contributed by atoms with Crippen LogP contribution in [0.2, 0.25) is 0 Å². The van der Waals surface area contributed by atoms with Crippen LogP contribution >= 0.6 is 0 Å². The fourth-order valence-electron chi connectivity index (χ4n) is 3.39. The van der Waals surface area contributed by atoms with Gasteiger partial charge in [0.25, 0.3) is 0 Å². The van der Waals surface area contributed by atoms with Gasteiger partial charge in [-0.3, -0.25) is 4.79 Å². The monoisotopic (exact) mass is 319 g/mol. The predicted octanol–water partition coefficient (Wildman–Crippen LogP) is 1.81. The number of amides is 3. The number of primary amides is 1. The number of urea groups is 1. The lowest BCUT2D eigenvalue weighted by molar-refractivity contribution is -0.135. The number of halogens is 1. The molecule has 3 amide bonds. The summed E-state index contributed by atoms with van der Waals surface area (Å²) in [5.74, 6) is 0.240. The van der Waals surface area contributed by atoms with Gasteiger partial charge < -0.3 is 16.0 Å². The average Bonchev–Trinajstić information content (AvgIpc) is 3.27. The molecule has 2 fully saturated rings. The van der Waals surface area contributed by atoms with Crippen molar-refractivity contribution in [3.8, 4) is 0 Å². The standard InChI is InChI=1S/C17H22FN3O2/c18-14-3-1-2-13(11-14)10-12-4-8-21(9-5-12)15(22)17(6-7-17)20-16(19)23/h1-3,11-12H,4-10H2,(H3,19,20,23). The summed E-state index contributed by atoms with van der Waals surface area (Å²) in [6.45, 7) is 1.36. The van der Waals surface area contributed by atoms with Crippen LogP contribution in [0.5, 0.6) is 0 Å². The number of carbonyl (C=O) groups is 2. The molecule has 1 aliphatic heterocycles. The van der Waals surface area contributed by atoms with E-state index in [0.29, 0.717) is 31.8 Å². The molecule has 1 aliphatic carbocycles. The Kier molecular flexibility index (Phi) is 4.24. The molecular weight excluding hydrogens is 297 g/mol. The molecule has 0 radical (unpaired) electrons. The summed E-state index contributed by atoms with van der Waals surface area (Å²) in [7, 11) is 0.